The summed E-state index contributed by atoms with van der Waals surface area (Å²) in [6.45, 7) is 4.22. The summed E-state index contributed by atoms with van der Waals surface area (Å²) in [5.74, 6) is -2.95. The van der Waals surface area contributed by atoms with Crippen LogP contribution in [0.2, 0.25) is 0 Å². The van der Waals surface area contributed by atoms with Crippen molar-refractivity contribution in [2.75, 3.05) is 6.61 Å². The molecule has 1 aliphatic carbocycles. The summed E-state index contributed by atoms with van der Waals surface area (Å²) in [5, 5.41) is 0. The zero-order chi connectivity index (χ0) is 25.7. The van der Waals surface area contributed by atoms with E-state index < -0.39 is 29.0 Å². The van der Waals surface area contributed by atoms with E-state index in [0.29, 0.717) is 17.4 Å². The molecule has 3 aromatic rings. The second-order valence-electron chi connectivity index (χ2n) is 9.54. The predicted molar refractivity (Wildman–Crippen MR) is 133 cm³/mol. The van der Waals surface area contributed by atoms with Crippen molar-refractivity contribution >= 4 is 5.97 Å². The molecule has 1 aliphatic rings. The maximum Gasteiger partial charge on any atom is 0.349 e. The van der Waals surface area contributed by atoms with E-state index in [0.717, 1.165) is 38.2 Å². The van der Waals surface area contributed by atoms with Gasteiger partial charge in [0, 0.05) is 6.07 Å². The molecule has 1 atom stereocenters. The van der Waals surface area contributed by atoms with Crippen LogP contribution in [0.3, 0.4) is 0 Å². The van der Waals surface area contributed by atoms with Gasteiger partial charge >= 0.3 is 5.97 Å². The molecule has 6 heteroatoms. The molecule has 0 aliphatic heterocycles. The van der Waals surface area contributed by atoms with Gasteiger partial charge in [-0.15, -0.1) is 0 Å². The van der Waals surface area contributed by atoms with Crippen LogP contribution in [-0.2, 0) is 0 Å². The molecule has 0 N–H and O–H groups in total. The van der Waals surface area contributed by atoms with E-state index in [9.17, 15) is 18.0 Å². The third-order valence-electron chi connectivity index (χ3n) is 7.06. The fourth-order valence-corrected chi connectivity index (χ4v) is 5.15. The van der Waals surface area contributed by atoms with Crippen molar-refractivity contribution < 1.29 is 27.4 Å². The predicted octanol–water partition coefficient (Wildman–Crippen LogP) is 8.19. The Balaban J connectivity index is 1.38. The standard InChI is InChI=1S/C30H31F3O3/c1-3-35-28-14-13-24(18-25(28)31)36-30(34)29-26(32)16-23(17-27(29)33)22-11-9-20(10-12-22)15-19(2)21-7-5-4-6-8-21/h4-8,13-14,16-20,22H,3,9-12,15H2,1-2H3/t19-,20?,22?/m1/s1. The number of halogens is 3. The Bertz CT molecular complexity index is 1160. The van der Waals surface area contributed by atoms with E-state index in [-0.39, 0.29) is 24.0 Å². The van der Waals surface area contributed by atoms with Crippen LogP contribution in [0.5, 0.6) is 11.5 Å². The SMILES string of the molecule is CCOc1ccc(OC(=O)c2c(F)cc(C3CCC(C[C@@H](C)c4ccccc4)CC3)cc2F)cc1F. The summed E-state index contributed by atoms with van der Waals surface area (Å²) < 4.78 is 53.9. The first kappa shape index (κ1) is 25.8. The lowest BCUT2D eigenvalue weighted by Gasteiger charge is -2.30. The number of benzene rings is 3. The van der Waals surface area contributed by atoms with Crippen molar-refractivity contribution in [3.05, 3.63) is 94.8 Å². The molecule has 1 saturated carbocycles. The highest BCUT2D eigenvalue weighted by Crippen LogP contribution is 2.40. The van der Waals surface area contributed by atoms with Crippen molar-refractivity contribution in [3.8, 4) is 11.5 Å². The van der Waals surface area contributed by atoms with Crippen molar-refractivity contribution in [1.82, 2.24) is 0 Å². The fraction of sp³-hybridized carbons (Fsp3) is 0.367. The van der Waals surface area contributed by atoms with Gasteiger partial charge in [-0.1, -0.05) is 37.3 Å². The summed E-state index contributed by atoms with van der Waals surface area (Å²) in [6, 6.07) is 16.5. The lowest BCUT2D eigenvalue weighted by Crippen LogP contribution is -2.17. The van der Waals surface area contributed by atoms with Gasteiger partial charge in [0.25, 0.3) is 0 Å². The van der Waals surface area contributed by atoms with Crippen molar-refractivity contribution in [3.63, 3.8) is 0 Å². The number of hydrogen-bond donors (Lipinski definition) is 0. The van der Waals surface area contributed by atoms with E-state index in [4.69, 9.17) is 9.47 Å². The van der Waals surface area contributed by atoms with Crippen LogP contribution in [-0.4, -0.2) is 12.6 Å². The third-order valence-corrected chi connectivity index (χ3v) is 7.06. The van der Waals surface area contributed by atoms with Crippen LogP contribution in [0.4, 0.5) is 13.2 Å². The normalized spacial score (nSPS) is 18.5. The van der Waals surface area contributed by atoms with Crippen LogP contribution in [0.25, 0.3) is 0 Å². The molecule has 190 valence electrons. The fourth-order valence-electron chi connectivity index (χ4n) is 5.15. The van der Waals surface area contributed by atoms with Gasteiger partial charge in [0.1, 0.15) is 22.9 Å². The Hall–Kier alpha value is -3.28. The molecule has 0 unspecified atom stereocenters. The lowest BCUT2D eigenvalue weighted by molar-refractivity contribution is 0.0724. The van der Waals surface area contributed by atoms with Crippen LogP contribution in [0.15, 0.2) is 60.7 Å². The molecule has 0 spiro atoms. The van der Waals surface area contributed by atoms with Crippen molar-refractivity contribution in [2.45, 2.75) is 57.8 Å². The topological polar surface area (TPSA) is 35.5 Å². The molecule has 0 aromatic heterocycles. The Morgan fingerprint density at radius 3 is 2.19 bits per heavy atom. The van der Waals surface area contributed by atoms with Gasteiger partial charge in [-0.05, 0) is 92.2 Å². The van der Waals surface area contributed by atoms with Crippen LogP contribution < -0.4 is 9.47 Å². The van der Waals surface area contributed by atoms with Crippen LogP contribution in [0.1, 0.15) is 79.3 Å². The first-order chi connectivity index (χ1) is 17.4. The van der Waals surface area contributed by atoms with Gasteiger partial charge in [-0.2, -0.15) is 0 Å². The van der Waals surface area contributed by atoms with Gasteiger partial charge in [-0.25, -0.2) is 18.0 Å². The molecule has 36 heavy (non-hydrogen) atoms. The maximum atomic E-state index is 14.9. The Kier molecular flexibility index (Phi) is 8.34. The van der Waals surface area contributed by atoms with E-state index in [1.165, 1.54) is 29.8 Å². The molecular formula is C30H31F3O3. The van der Waals surface area contributed by atoms with Crippen molar-refractivity contribution in [2.24, 2.45) is 5.92 Å². The monoisotopic (exact) mass is 496 g/mol. The zero-order valence-electron chi connectivity index (χ0n) is 20.6. The van der Waals surface area contributed by atoms with Gasteiger partial charge < -0.3 is 9.47 Å². The highest BCUT2D eigenvalue weighted by molar-refractivity contribution is 5.91. The molecule has 3 aromatic carbocycles. The van der Waals surface area contributed by atoms with E-state index in [1.807, 2.05) is 6.07 Å². The molecule has 3 nitrogen and oxygen atoms in total. The molecule has 0 heterocycles. The average Bonchev–Trinajstić information content (AvgIpc) is 2.86. The van der Waals surface area contributed by atoms with Gasteiger partial charge in [0.05, 0.1) is 6.61 Å². The Morgan fingerprint density at radius 2 is 1.58 bits per heavy atom. The molecular weight excluding hydrogens is 465 g/mol. The summed E-state index contributed by atoms with van der Waals surface area (Å²) in [4.78, 5) is 12.5. The Morgan fingerprint density at radius 1 is 0.917 bits per heavy atom. The number of carbonyl (C=O) groups excluding carboxylic acids is 1. The summed E-state index contributed by atoms with van der Waals surface area (Å²) in [6.07, 6.45) is 4.79. The first-order valence-electron chi connectivity index (χ1n) is 12.5. The first-order valence-corrected chi connectivity index (χ1v) is 12.5. The molecule has 0 radical (unpaired) electrons. The second kappa shape index (κ2) is 11.6. The average molecular weight is 497 g/mol. The Labute approximate surface area is 210 Å². The largest absolute Gasteiger partial charge is 0.491 e. The van der Waals surface area contributed by atoms with Crippen LogP contribution >= 0.6 is 0 Å². The van der Waals surface area contributed by atoms with Gasteiger partial charge in [0.2, 0.25) is 0 Å². The molecule has 0 amide bonds. The van der Waals surface area contributed by atoms with Crippen LogP contribution in [0, 0.1) is 23.4 Å². The summed E-state index contributed by atoms with van der Waals surface area (Å²) >= 11 is 0. The quantitative estimate of drug-likeness (QED) is 0.233. The number of carbonyl (C=O) groups is 1. The minimum absolute atomic E-state index is 0.00302. The molecule has 4 rings (SSSR count). The number of rotatable bonds is 8. The summed E-state index contributed by atoms with van der Waals surface area (Å²) in [7, 11) is 0. The minimum Gasteiger partial charge on any atom is -0.491 e. The van der Waals surface area contributed by atoms with E-state index >= 15 is 0 Å². The minimum atomic E-state index is -1.21. The number of ether oxygens (including phenoxy) is 2. The number of esters is 1. The van der Waals surface area contributed by atoms with E-state index in [2.05, 4.69) is 31.2 Å². The van der Waals surface area contributed by atoms with E-state index in [1.54, 1.807) is 6.92 Å². The van der Waals surface area contributed by atoms with Gasteiger partial charge in [-0.3, -0.25) is 0 Å². The third kappa shape index (κ3) is 6.10. The molecule has 0 bridgehead atoms. The molecule has 0 saturated heterocycles. The smallest absolute Gasteiger partial charge is 0.349 e. The highest BCUT2D eigenvalue weighted by atomic mass is 19.1. The second-order valence-corrected chi connectivity index (χ2v) is 9.54. The summed E-state index contributed by atoms with van der Waals surface area (Å²) in [5.41, 5.74) is 1.11. The highest BCUT2D eigenvalue weighted by Gasteiger charge is 2.27. The van der Waals surface area contributed by atoms with Crippen molar-refractivity contribution in [1.29, 1.82) is 0 Å². The van der Waals surface area contributed by atoms with Gasteiger partial charge in [0.15, 0.2) is 11.6 Å². The lowest BCUT2D eigenvalue weighted by atomic mass is 9.75. The number of hydrogen-bond acceptors (Lipinski definition) is 3. The molecule has 1 fully saturated rings. The zero-order valence-corrected chi connectivity index (χ0v) is 20.6. The maximum absolute atomic E-state index is 14.9.